The molecule has 0 aromatic heterocycles. The lowest BCUT2D eigenvalue weighted by Crippen LogP contribution is -2.55. The molecule has 0 bridgehead atoms. The normalized spacial score (nSPS) is 25.9. The van der Waals surface area contributed by atoms with Crippen molar-refractivity contribution in [2.24, 2.45) is 5.41 Å². The predicted molar refractivity (Wildman–Crippen MR) is 64.4 cm³/mol. The number of hydrogen-bond acceptors (Lipinski definition) is 2. The van der Waals surface area contributed by atoms with Gasteiger partial charge < -0.3 is 9.31 Å². The quantitative estimate of drug-likeness (QED) is 0.689. The summed E-state index contributed by atoms with van der Waals surface area (Å²) in [4.78, 5) is 0. The Morgan fingerprint density at radius 3 is 2.44 bits per heavy atom. The van der Waals surface area contributed by atoms with Crippen LogP contribution in [0.25, 0.3) is 0 Å². The molecule has 0 aromatic rings. The smallest absolute Gasteiger partial charge is 0.410 e. The first-order valence-electron chi connectivity index (χ1n) is 5.78. The van der Waals surface area contributed by atoms with E-state index >= 15 is 0 Å². The van der Waals surface area contributed by atoms with Crippen LogP contribution in [0.4, 0.5) is 4.39 Å². The van der Waals surface area contributed by atoms with Gasteiger partial charge in [0, 0.05) is 12.0 Å². The lowest BCUT2D eigenvalue weighted by Gasteiger charge is -2.48. The number of hydrogen-bond donors (Lipinski definition) is 0. The summed E-state index contributed by atoms with van der Waals surface area (Å²) in [7, 11) is -0.337. The van der Waals surface area contributed by atoms with E-state index in [1.54, 1.807) is 0 Å². The zero-order chi connectivity index (χ0) is 12.6. The second-order valence-corrected chi connectivity index (χ2v) is 5.89. The molecule has 4 heteroatoms. The van der Waals surface area contributed by atoms with E-state index in [2.05, 4.69) is 34.6 Å². The third-order valence-electron chi connectivity index (χ3n) is 3.66. The fourth-order valence-corrected chi connectivity index (χ4v) is 1.67. The van der Waals surface area contributed by atoms with E-state index in [0.29, 0.717) is 13.0 Å². The maximum Gasteiger partial charge on any atom is 0.460 e. The van der Waals surface area contributed by atoms with Gasteiger partial charge in [0.15, 0.2) is 0 Å². The number of rotatable bonds is 3. The van der Waals surface area contributed by atoms with E-state index in [9.17, 15) is 4.39 Å². The van der Waals surface area contributed by atoms with E-state index in [1.807, 2.05) is 6.92 Å². The molecule has 1 heterocycles. The summed E-state index contributed by atoms with van der Waals surface area (Å²) < 4.78 is 24.3. The van der Waals surface area contributed by atoms with Gasteiger partial charge in [-0.15, -0.1) is 0 Å². The molecule has 1 unspecified atom stereocenters. The molecule has 0 amide bonds. The zero-order valence-corrected chi connectivity index (χ0v) is 11.0. The summed E-state index contributed by atoms with van der Waals surface area (Å²) >= 11 is 0. The zero-order valence-electron chi connectivity index (χ0n) is 11.0. The first-order valence-corrected chi connectivity index (χ1v) is 5.78. The molecule has 1 fully saturated rings. The van der Waals surface area contributed by atoms with Gasteiger partial charge in [0.1, 0.15) is 6.17 Å². The van der Waals surface area contributed by atoms with Gasteiger partial charge >= 0.3 is 7.12 Å². The minimum absolute atomic E-state index is 0.00660. The Kier molecular flexibility index (Phi) is 4.06. The minimum Gasteiger partial charge on any atom is -0.410 e. The fraction of sp³-hybridized carbons (Fsp3) is 0.833. The van der Waals surface area contributed by atoms with Gasteiger partial charge in [-0.3, -0.25) is 0 Å². The van der Waals surface area contributed by atoms with Crippen LogP contribution in [0.3, 0.4) is 0 Å². The van der Waals surface area contributed by atoms with Gasteiger partial charge in [0.25, 0.3) is 0 Å². The van der Waals surface area contributed by atoms with Crippen molar-refractivity contribution in [1.82, 2.24) is 0 Å². The van der Waals surface area contributed by atoms with Crippen molar-refractivity contribution in [2.75, 3.05) is 6.61 Å². The Hall–Kier alpha value is -0.0851. The SMILES string of the molecule is [CH2][C](F)CC(C)B1OCC(C)(C)C(C)(C)O1. The Morgan fingerprint density at radius 2 is 2.00 bits per heavy atom. The first-order chi connectivity index (χ1) is 7.16. The van der Waals surface area contributed by atoms with Gasteiger partial charge in [-0.05, 0) is 33.0 Å². The van der Waals surface area contributed by atoms with Crippen molar-refractivity contribution in [3.63, 3.8) is 0 Å². The van der Waals surface area contributed by atoms with Crippen molar-refractivity contribution < 1.29 is 13.7 Å². The molecule has 1 aliphatic heterocycles. The predicted octanol–water partition coefficient (Wildman–Crippen LogP) is 3.44. The summed E-state index contributed by atoms with van der Waals surface area (Å²) in [6, 6.07) is 0. The maximum absolute atomic E-state index is 12.7. The van der Waals surface area contributed by atoms with Crippen LogP contribution in [0, 0.1) is 18.5 Å². The molecule has 0 aliphatic carbocycles. The molecule has 16 heavy (non-hydrogen) atoms. The third kappa shape index (κ3) is 2.98. The van der Waals surface area contributed by atoms with E-state index in [4.69, 9.17) is 9.31 Å². The van der Waals surface area contributed by atoms with Crippen LogP contribution in [0.5, 0.6) is 0 Å². The molecule has 1 aliphatic rings. The van der Waals surface area contributed by atoms with Gasteiger partial charge in [0.05, 0.1) is 5.60 Å². The number of halogens is 1. The molecule has 2 nitrogen and oxygen atoms in total. The van der Waals surface area contributed by atoms with Crippen LogP contribution in [-0.2, 0) is 9.31 Å². The summed E-state index contributed by atoms with van der Waals surface area (Å²) in [6.45, 7) is 14.2. The Labute approximate surface area is 99.0 Å². The van der Waals surface area contributed by atoms with E-state index in [0.717, 1.165) is 0 Å². The van der Waals surface area contributed by atoms with Crippen molar-refractivity contribution >= 4 is 7.12 Å². The highest BCUT2D eigenvalue weighted by Gasteiger charge is 2.48. The molecule has 1 rings (SSSR count). The lowest BCUT2D eigenvalue weighted by molar-refractivity contribution is -0.100. The average molecular weight is 228 g/mol. The van der Waals surface area contributed by atoms with Crippen molar-refractivity contribution in [3.05, 3.63) is 13.1 Å². The molecular formula is C12H22BFO2. The molecule has 1 saturated heterocycles. The van der Waals surface area contributed by atoms with Gasteiger partial charge in [-0.25, -0.2) is 4.39 Å². The Morgan fingerprint density at radius 1 is 1.44 bits per heavy atom. The molecule has 92 valence electrons. The third-order valence-corrected chi connectivity index (χ3v) is 3.66. The average Bonchev–Trinajstić information content (AvgIpc) is 2.08. The molecule has 0 spiro atoms. The molecule has 1 atom stereocenters. The van der Waals surface area contributed by atoms with Crippen LogP contribution in [0.2, 0.25) is 5.82 Å². The lowest BCUT2D eigenvalue weighted by atomic mass is 9.65. The topological polar surface area (TPSA) is 18.5 Å². The van der Waals surface area contributed by atoms with Crippen molar-refractivity contribution in [1.29, 1.82) is 0 Å². The molecule has 0 saturated carbocycles. The highest BCUT2D eigenvalue weighted by atomic mass is 19.1. The van der Waals surface area contributed by atoms with Crippen LogP contribution >= 0.6 is 0 Å². The van der Waals surface area contributed by atoms with Crippen LogP contribution < -0.4 is 0 Å². The van der Waals surface area contributed by atoms with Crippen LogP contribution in [0.15, 0.2) is 0 Å². The largest absolute Gasteiger partial charge is 0.460 e. The highest BCUT2D eigenvalue weighted by Crippen LogP contribution is 2.41. The second kappa shape index (κ2) is 4.65. The van der Waals surface area contributed by atoms with E-state index in [1.165, 1.54) is 0 Å². The minimum atomic E-state index is -0.337. The van der Waals surface area contributed by atoms with Crippen LogP contribution in [0.1, 0.15) is 41.0 Å². The Balaban J connectivity index is 2.62. The monoisotopic (exact) mass is 228 g/mol. The van der Waals surface area contributed by atoms with Gasteiger partial charge in [-0.1, -0.05) is 20.8 Å². The molecular weight excluding hydrogens is 206 g/mol. The van der Waals surface area contributed by atoms with Gasteiger partial charge in [0.2, 0.25) is 0 Å². The fourth-order valence-electron chi connectivity index (χ4n) is 1.67. The molecule has 2 radical (unpaired) electrons. The van der Waals surface area contributed by atoms with E-state index < -0.39 is 0 Å². The standard InChI is InChI=1S/C12H22BFO2/c1-9(7-10(2)14)13-15-8-11(3,4)12(5,6)16-13/h9H,2,7-8H2,1,3-6H3. The second-order valence-electron chi connectivity index (χ2n) is 5.89. The summed E-state index contributed by atoms with van der Waals surface area (Å²) in [5.41, 5.74) is -0.294. The van der Waals surface area contributed by atoms with Gasteiger partial charge in [-0.2, -0.15) is 0 Å². The molecule has 0 aromatic carbocycles. The van der Waals surface area contributed by atoms with Crippen LogP contribution in [-0.4, -0.2) is 19.3 Å². The summed E-state index contributed by atoms with van der Waals surface area (Å²) in [5.74, 6) is -0.00660. The highest BCUT2D eigenvalue weighted by molar-refractivity contribution is 6.46. The van der Waals surface area contributed by atoms with Crippen molar-refractivity contribution in [3.8, 4) is 0 Å². The molecule has 0 N–H and O–H groups in total. The summed E-state index contributed by atoms with van der Waals surface area (Å²) in [5, 5.41) is 0. The summed E-state index contributed by atoms with van der Waals surface area (Å²) in [6.07, 6.45) is -0.0244. The van der Waals surface area contributed by atoms with E-state index in [-0.39, 0.29) is 30.1 Å². The first kappa shape index (κ1) is 14.0. The maximum atomic E-state index is 12.7. The van der Waals surface area contributed by atoms with Crippen molar-refractivity contribution in [2.45, 2.75) is 52.5 Å². The Bertz CT molecular complexity index is 241.